The Morgan fingerprint density at radius 1 is 1.62 bits per heavy atom. The van der Waals surface area contributed by atoms with E-state index >= 15 is 0 Å². The van der Waals surface area contributed by atoms with Crippen molar-refractivity contribution in [2.45, 2.75) is 44.8 Å². The zero-order valence-corrected chi connectivity index (χ0v) is 8.08. The highest BCUT2D eigenvalue weighted by atomic mass is 16.6. The van der Waals surface area contributed by atoms with Crippen molar-refractivity contribution in [3.05, 3.63) is 0 Å². The molecule has 2 unspecified atom stereocenters. The largest absolute Gasteiger partial charge is 0.445 e. The van der Waals surface area contributed by atoms with Crippen molar-refractivity contribution in [2.24, 2.45) is 5.73 Å². The van der Waals surface area contributed by atoms with E-state index < -0.39 is 0 Å². The first-order valence-electron chi connectivity index (χ1n) is 4.94. The van der Waals surface area contributed by atoms with Gasteiger partial charge in [-0.3, -0.25) is 0 Å². The molecule has 76 valence electrons. The molecular formula is C9H18N2O2. The summed E-state index contributed by atoms with van der Waals surface area (Å²) in [6.45, 7) is 2.67. The Morgan fingerprint density at radius 2 is 2.38 bits per heavy atom. The van der Waals surface area contributed by atoms with Crippen molar-refractivity contribution >= 4 is 6.09 Å². The first-order valence-corrected chi connectivity index (χ1v) is 4.94. The van der Waals surface area contributed by atoms with Crippen molar-refractivity contribution in [1.29, 1.82) is 0 Å². The van der Waals surface area contributed by atoms with Gasteiger partial charge in [0.2, 0.25) is 0 Å². The van der Waals surface area contributed by atoms with Crippen molar-refractivity contribution in [1.82, 2.24) is 5.32 Å². The van der Waals surface area contributed by atoms with Crippen LogP contribution in [0.25, 0.3) is 0 Å². The topological polar surface area (TPSA) is 64.3 Å². The van der Waals surface area contributed by atoms with Gasteiger partial charge >= 0.3 is 6.09 Å². The average Bonchev–Trinajstić information content (AvgIpc) is 2.48. The molecule has 3 N–H and O–H groups in total. The van der Waals surface area contributed by atoms with Gasteiger partial charge in [0.05, 0.1) is 0 Å². The molecule has 0 radical (unpaired) electrons. The fourth-order valence-electron chi connectivity index (χ4n) is 1.51. The van der Waals surface area contributed by atoms with Crippen LogP contribution in [-0.4, -0.2) is 24.8 Å². The first kappa shape index (κ1) is 10.3. The minimum Gasteiger partial charge on any atom is -0.445 e. The Bertz CT molecular complexity index is 173. The van der Waals surface area contributed by atoms with Gasteiger partial charge in [0.1, 0.15) is 6.10 Å². The van der Waals surface area contributed by atoms with Crippen molar-refractivity contribution in [3.63, 3.8) is 0 Å². The maximum Gasteiger partial charge on any atom is 0.407 e. The van der Waals surface area contributed by atoms with Crippen LogP contribution in [0.1, 0.15) is 32.6 Å². The summed E-state index contributed by atoms with van der Waals surface area (Å²) in [6, 6.07) is 0.0346. The lowest BCUT2D eigenvalue weighted by molar-refractivity contribution is 0.0927. The number of carbonyl (C=O) groups is 1. The Hall–Kier alpha value is -0.770. The third-order valence-electron chi connectivity index (χ3n) is 2.28. The Labute approximate surface area is 78.8 Å². The lowest BCUT2D eigenvalue weighted by Gasteiger charge is -2.16. The van der Waals surface area contributed by atoms with Crippen LogP contribution in [0, 0.1) is 0 Å². The van der Waals surface area contributed by atoms with Crippen molar-refractivity contribution in [3.8, 4) is 0 Å². The summed E-state index contributed by atoms with van der Waals surface area (Å²) >= 11 is 0. The molecule has 0 saturated heterocycles. The van der Waals surface area contributed by atoms with E-state index in [4.69, 9.17) is 10.5 Å². The van der Waals surface area contributed by atoms with Gasteiger partial charge in [0.15, 0.2) is 0 Å². The number of carbonyl (C=O) groups excluding carboxylic acids is 1. The molecule has 1 aliphatic carbocycles. The lowest BCUT2D eigenvalue weighted by atomic mass is 10.2. The molecule has 0 aromatic carbocycles. The van der Waals surface area contributed by atoms with E-state index in [1.807, 2.05) is 6.92 Å². The molecule has 0 heterocycles. The average molecular weight is 186 g/mol. The van der Waals surface area contributed by atoms with Gasteiger partial charge in [0, 0.05) is 12.6 Å². The van der Waals surface area contributed by atoms with Gasteiger partial charge in [-0.25, -0.2) is 4.79 Å². The number of rotatable bonds is 3. The molecule has 1 saturated carbocycles. The van der Waals surface area contributed by atoms with E-state index in [1.165, 1.54) is 0 Å². The number of nitrogens with two attached hydrogens (primary N) is 1. The Balaban J connectivity index is 2.19. The molecule has 2 atom stereocenters. The molecule has 0 aromatic rings. The molecule has 1 aliphatic rings. The van der Waals surface area contributed by atoms with E-state index in [2.05, 4.69) is 5.32 Å². The van der Waals surface area contributed by atoms with Crippen molar-refractivity contribution in [2.75, 3.05) is 6.54 Å². The van der Waals surface area contributed by atoms with Crippen LogP contribution in [0.15, 0.2) is 0 Å². The van der Waals surface area contributed by atoms with Gasteiger partial charge in [-0.15, -0.1) is 0 Å². The van der Waals surface area contributed by atoms with Gasteiger partial charge in [0.25, 0.3) is 0 Å². The monoisotopic (exact) mass is 186 g/mol. The molecule has 0 spiro atoms. The van der Waals surface area contributed by atoms with E-state index in [0.717, 1.165) is 25.7 Å². The van der Waals surface area contributed by atoms with E-state index in [1.54, 1.807) is 0 Å². The maximum atomic E-state index is 11.1. The molecule has 0 bridgehead atoms. The number of nitrogens with one attached hydrogen (secondary N) is 1. The fraction of sp³-hybridized carbons (Fsp3) is 0.889. The molecule has 0 aromatic heterocycles. The third-order valence-corrected chi connectivity index (χ3v) is 2.28. The van der Waals surface area contributed by atoms with Crippen LogP contribution in [0.5, 0.6) is 0 Å². The second-order valence-corrected chi connectivity index (χ2v) is 3.47. The SMILES string of the molecule is CCCNC(=O)OC1CCCC1N. The summed E-state index contributed by atoms with van der Waals surface area (Å²) in [4.78, 5) is 11.1. The fourth-order valence-corrected chi connectivity index (χ4v) is 1.51. The summed E-state index contributed by atoms with van der Waals surface area (Å²) < 4.78 is 5.15. The Kier molecular flexibility index (Phi) is 4.02. The summed E-state index contributed by atoms with van der Waals surface area (Å²) in [5.41, 5.74) is 5.75. The first-order chi connectivity index (χ1) is 6.24. The highest BCUT2D eigenvalue weighted by Crippen LogP contribution is 2.20. The summed E-state index contributed by atoms with van der Waals surface area (Å²) in [6.07, 6.45) is 3.45. The molecule has 4 heteroatoms. The van der Waals surface area contributed by atoms with E-state index in [-0.39, 0.29) is 18.2 Å². The van der Waals surface area contributed by atoms with Gasteiger partial charge < -0.3 is 15.8 Å². The molecule has 1 amide bonds. The van der Waals surface area contributed by atoms with Gasteiger partial charge in [-0.2, -0.15) is 0 Å². The smallest absolute Gasteiger partial charge is 0.407 e. The number of alkyl carbamates (subject to hydrolysis) is 1. The zero-order valence-electron chi connectivity index (χ0n) is 8.08. The lowest BCUT2D eigenvalue weighted by Crippen LogP contribution is -2.37. The van der Waals surface area contributed by atoms with Crippen LogP contribution in [0.3, 0.4) is 0 Å². The number of hydrogen-bond acceptors (Lipinski definition) is 3. The second kappa shape index (κ2) is 5.07. The van der Waals surface area contributed by atoms with E-state index in [9.17, 15) is 4.79 Å². The third kappa shape index (κ3) is 3.22. The molecule has 4 nitrogen and oxygen atoms in total. The summed E-state index contributed by atoms with van der Waals surface area (Å²) in [7, 11) is 0. The van der Waals surface area contributed by atoms with Crippen LogP contribution in [0.2, 0.25) is 0 Å². The van der Waals surface area contributed by atoms with Gasteiger partial charge in [-0.05, 0) is 25.7 Å². The summed E-state index contributed by atoms with van der Waals surface area (Å²) in [5.74, 6) is 0. The summed E-state index contributed by atoms with van der Waals surface area (Å²) in [5, 5.41) is 2.66. The minimum atomic E-state index is -0.329. The van der Waals surface area contributed by atoms with E-state index in [0.29, 0.717) is 6.54 Å². The Morgan fingerprint density at radius 3 is 2.92 bits per heavy atom. The number of amides is 1. The zero-order chi connectivity index (χ0) is 9.68. The molecule has 1 fully saturated rings. The predicted octanol–water partition coefficient (Wildman–Crippen LogP) is 1.00. The number of hydrogen-bond donors (Lipinski definition) is 2. The standard InChI is InChI=1S/C9H18N2O2/c1-2-6-11-9(12)13-8-5-3-4-7(8)10/h7-8H,2-6,10H2,1H3,(H,11,12). The molecular weight excluding hydrogens is 168 g/mol. The van der Waals surface area contributed by atoms with Crippen LogP contribution in [0.4, 0.5) is 4.79 Å². The molecule has 13 heavy (non-hydrogen) atoms. The number of ether oxygens (including phenoxy) is 1. The van der Waals surface area contributed by atoms with Gasteiger partial charge in [-0.1, -0.05) is 6.92 Å². The van der Waals surface area contributed by atoms with Crippen LogP contribution in [-0.2, 0) is 4.74 Å². The second-order valence-electron chi connectivity index (χ2n) is 3.47. The minimum absolute atomic E-state index is 0.0346. The molecule has 0 aliphatic heterocycles. The maximum absolute atomic E-state index is 11.1. The highest BCUT2D eigenvalue weighted by molar-refractivity contribution is 5.67. The van der Waals surface area contributed by atoms with Crippen molar-refractivity contribution < 1.29 is 9.53 Å². The van der Waals surface area contributed by atoms with Crippen LogP contribution >= 0.6 is 0 Å². The van der Waals surface area contributed by atoms with Crippen LogP contribution < -0.4 is 11.1 Å². The molecule has 1 rings (SSSR count). The highest BCUT2D eigenvalue weighted by Gasteiger charge is 2.26. The predicted molar refractivity (Wildman–Crippen MR) is 50.4 cm³/mol. The quantitative estimate of drug-likeness (QED) is 0.691. The normalized spacial score (nSPS) is 27.2.